The Kier molecular flexibility index (Phi) is 7.52. The SMILES string of the molecule is c1ccc(C2(c3ccccc3)c3ccccc3-c3c(N(c4ccc(-n5c6ccccc6c6ccccc65)cc4)c4cc5ccccc5c5c4oc4ccccc45)cccc32)cc1. The van der Waals surface area contributed by atoms with Crippen LogP contribution in [0.1, 0.15) is 22.3 Å². The summed E-state index contributed by atoms with van der Waals surface area (Å²) in [6.45, 7) is 0. The fourth-order valence-electron chi connectivity index (χ4n) is 10.7. The Labute approximate surface area is 359 Å². The summed E-state index contributed by atoms with van der Waals surface area (Å²) in [7, 11) is 0. The number of anilines is 3. The minimum atomic E-state index is -0.547. The Balaban J connectivity index is 1.13. The van der Waals surface area contributed by atoms with Crippen molar-refractivity contribution in [2.24, 2.45) is 0 Å². The maximum Gasteiger partial charge on any atom is 0.160 e. The number of fused-ring (bicyclic) bond motifs is 11. The lowest BCUT2D eigenvalue weighted by atomic mass is 9.68. The predicted octanol–water partition coefficient (Wildman–Crippen LogP) is 15.7. The fourth-order valence-corrected chi connectivity index (χ4v) is 10.7. The molecule has 2 aromatic heterocycles. The quantitative estimate of drug-likeness (QED) is 0.167. The second-order valence-corrected chi connectivity index (χ2v) is 16.4. The lowest BCUT2D eigenvalue weighted by Crippen LogP contribution is -2.28. The summed E-state index contributed by atoms with van der Waals surface area (Å²) in [5.41, 5.74) is 15.2. The Morgan fingerprint density at radius 3 is 1.69 bits per heavy atom. The van der Waals surface area contributed by atoms with Crippen LogP contribution >= 0.6 is 0 Å². The molecule has 0 unspecified atom stereocenters. The van der Waals surface area contributed by atoms with E-state index in [4.69, 9.17) is 4.42 Å². The molecule has 290 valence electrons. The van der Waals surface area contributed by atoms with Crippen molar-refractivity contribution in [1.29, 1.82) is 0 Å². The highest BCUT2D eigenvalue weighted by atomic mass is 16.3. The number of aromatic nitrogens is 1. The van der Waals surface area contributed by atoms with E-state index in [1.54, 1.807) is 0 Å². The lowest BCUT2D eigenvalue weighted by molar-refractivity contribution is 0.669. The van der Waals surface area contributed by atoms with Gasteiger partial charge < -0.3 is 13.9 Å². The highest BCUT2D eigenvalue weighted by Gasteiger charge is 2.47. The van der Waals surface area contributed by atoms with Gasteiger partial charge in [0.2, 0.25) is 0 Å². The Hall–Kier alpha value is -8.14. The van der Waals surface area contributed by atoms with Crippen LogP contribution < -0.4 is 4.90 Å². The van der Waals surface area contributed by atoms with Crippen LogP contribution in [0.4, 0.5) is 17.1 Å². The van der Waals surface area contributed by atoms with E-state index in [1.807, 2.05) is 0 Å². The second kappa shape index (κ2) is 13.4. The van der Waals surface area contributed by atoms with E-state index >= 15 is 0 Å². The van der Waals surface area contributed by atoms with Crippen LogP contribution in [-0.2, 0) is 5.41 Å². The average Bonchev–Trinajstić information content (AvgIpc) is 4.00. The number of rotatable bonds is 6. The summed E-state index contributed by atoms with van der Waals surface area (Å²) in [6.07, 6.45) is 0. The molecule has 12 aromatic rings. The number of furan rings is 1. The zero-order valence-electron chi connectivity index (χ0n) is 33.7. The molecule has 0 atom stereocenters. The highest BCUT2D eigenvalue weighted by molar-refractivity contribution is 6.23. The number of hydrogen-bond acceptors (Lipinski definition) is 2. The lowest BCUT2D eigenvalue weighted by Gasteiger charge is -2.34. The van der Waals surface area contributed by atoms with Gasteiger partial charge in [-0.2, -0.15) is 0 Å². The molecule has 0 spiro atoms. The third-order valence-corrected chi connectivity index (χ3v) is 13.2. The van der Waals surface area contributed by atoms with Gasteiger partial charge in [-0.05, 0) is 93.2 Å². The van der Waals surface area contributed by atoms with Crippen molar-refractivity contribution in [3.63, 3.8) is 0 Å². The van der Waals surface area contributed by atoms with Crippen molar-refractivity contribution in [3.8, 4) is 16.8 Å². The summed E-state index contributed by atoms with van der Waals surface area (Å²) in [5.74, 6) is 0. The summed E-state index contributed by atoms with van der Waals surface area (Å²) in [4.78, 5) is 2.45. The van der Waals surface area contributed by atoms with Crippen molar-refractivity contribution >= 4 is 71.6 Å². The van der Waals surface area contributed by atoms with Crippen molar-refractivity contribution in [2.45, 2.75) is 5.41 Å². The van der Waals surface area contributed by atoms with Crippen molar-refractivity contribution < 1.29 is 4.42 Å². The van der Waals surface area contributed by atoms with Crippen molar-refractivity contribution in [2.75, 3.05) is 4.90 Å². The first-order valence-corrected chi connectivity index (χ1v) is 21.4. The van der Waals surface area contributed by atoms with Crippen LogP contribution in [0.3, 0.4) is 0 Å². The van der Waals surface area contributed by atoms with Crippen LogP contribution in [-0.4, -0.2) is 4.57 Å². The third-order valence-electron chi connectivity index (χ3n) is 13.2. The molecule has 0 N–H and O–H groups in total. The van der Waals surface area contributed by atoms with Crippen LogP contribution in [0.2, 0.25) is 0 Å². The van der Waals surface area contributed by atoms with E-state index < -0.39 is 5.41 Å². The van der Waals surface area contributed by atoms with Gasteiger partial charge in [-0.15, -0.1) is 0 Å². The number of hydrogen-bond donors (Lipinski definition) is 0. The molecule has 0 radical (unpaired) electrons. The molecule has 0 saturated carbocycles. The molecule has 0 bridgehead atoms. The zero-order chi connectivity index (χ0) is 40.8. The fraction of sp³-hybridized carbons (Fsp3) is 0.0169. The smallest absolute Gasteiger partial charge is 0.160 e. The van der Waals surface area contributed by atoms with Gasteiger partial charge in [-0.25, -0.2) is 0 Å². The molecule has 62 heavy (non-hydrogen) atoms. The number of para-hydroxylation sites is 3. The summed E-state index contributed by atoms with van der Waals surface area (Å²) < 4.78 is 9.40. The average molecular weight is 791 g/mol. The molecule has 0 aliphatic heterocycles. The van der Waals surface area contributed by atoms with Gasteiger partial charge >= 0.3 is 0 Å². The maximum atomic E-state index is 7.02. The van der Waals surface area contributed by atoms with Gasteiger partial charge in [-0.3, -0.25) is 0 Å². The molecule has 10 aromatic carbocycles. The van der Waals surface area contributed by atoms with E-state index in [9.17, 15) is 0 Å². The second-order valence-electron chi connectivity index (χ2n) is 16.4. The minimum absolute atomic E-state index is 0.547. The van der Waals surface area contributed by atoms with Crippen LogP contribution in [0.5, 0.6) is 0 Å². The summed E-state index contributed by atoms with van der Waals surface area (Å²) in [6, 6.07) is 84.0. The standard InChI is InChI=1S/C59H38N2O/c1-3-19-40(20-4-1)59(41-21-5-2-6-22-41)49-28-13-9-26-47(49)57-50(59)29-17-32-53(57)61(54-38-39-18-7-8-23-44(39)56-48-27-12-16-33-55(48)62-58(54)56)43-36-34-42(35-37-43)60-51-30-14-10-24-45(51)46-25-11-15-31-52(46)60/h1-38H. The molecule has 0 saturated heterocycles. The molecule has 3 nitrogen and oxygen atoms in total. The van der Waals surface area contributed by atoms with Gasteiger partial charge in [-0.1, -0.05) is 176 Å². The normalized spacial score (nSPS) is 13.0. The number of nitrogens with zero attached hydrogens (tertiary/aromatic N) is 2. The van der Waals surface area contributed by atoms with Gasteiger partial charge in [0.1, 0.15) is 5.58 Å². The molecular weight excluding hydrogens is 753 g/mol. The maximum absolute atomic E-state index is 7.02. The Bertz CT molecular complexity index is 3600. The molecule has 3 heteroatoms. The van der Waals surface area contributed by atoms with Gasteiger partial charge in [0.25, 0.3) is 0 Å². The van der Waals surface area contributed by atoms with Crippen LogP contribution in [0, 0.1) is 0 Å². The van der Waals surface area contributed by atoms with E-state index in [-0.39, 0.29) is 0 Å². The molecule has 1 aliphatic rings. The van der Waals surface area contributed by atoms with Gasteiger partial charge in [0, 0.05) is 38.5 Å². The Morgan fingerprint density at radius 2 is 0.984 bits per heavy atom. The molecule has 13 rings (SSSR count). The zero-order valence-corrected chi connectivity index (χ0v) is 33.7. The van der Waals surface area contributed by atoms with Crippen molar-refractivity contribution in [1.82, 2.24) is 4.57 Å². The van der Waals surface area contributed by atoms with E-state index in [0.29, 0.717) is 0 Å². The largest absolute Gasteiger partial charge is 0.454 e. The van der Waals surface area contributed by atoms with E-state index in [0.717, 1.165) is 50.1 Å². The topological polar surface area (TPSA) is 21.3 Å². The first-order valence-electron chi connectivity index (χ1n) is 21.4. The van der Waals surface area contributed by atoms with Crippen LogP contribution in [0.15, 0.2) is 235 Å². The van der Waals surface area contributed by atoms with E-state index in [2.05, 4.69) is 240 Å². The van der Waals surface area contributed by atoms with Crippen LogP contribution in [0.25, 0.3) is 71.3 Å². The van der Waals surface area contributed by atoms with Gasteiger partial charge in [0.05, 0.1) is 27.8 Å². The highest BCUT2D eigenvalue weighted by Crippen LogP contribution is 2.60. The summed E-state index contributed by atoms with van der Waals surface area (Å²) in [5, 5.41) is 7.06. The Morgan fingerprint density at radius 1 is 0.419 bits per heavy atom. The van der Waals surface area contributed by atoms with Gasteiger partial charge in [0.15, 0.2) is 5.58 Å². The molecule has 1 aliphatic carbocycles. The molecule has 0 amide bonds. The minimum Gasteiger partial charge on any atom is -0.454 e. The first-order chi connectivity index (χ1) is 30.8. The van der Waals surface area contributed by atoms with E-state index in [1.165, 1.54) is 60.6 Å². The predicted molar refractivity (Wildman–Crippen MR) is 258 cm³/mol. The molecular formula is C59H38N2O. The monoisotopic (exact) mass is 790 g/mol. The molecule has 2 heterocycles. The number of benzene rings is 10. The third kappa shape index (κ3) is 4.82. The summed E-state index contributed by atoms with van der Waals surface area (Å²) >= 11 is 0. The molecule has 0 fully saturated rings. The first kappa shape index (κ1) is 34.7. The van der Waals surface area contributed by atoms with Crippen molar-refractivity contribution in [3.05, 3.63) is 253 Å².